The number of benzene rings is 1. The van der Waals surface area contributed by atoms with Gasteiger partial charge in [0.05, 0.1) is 23.7 Å². The molecule has 1 aromatic rings. The third kappa shape index (κ3) is 5.91. The molecule has 9 heteroatoms. The summed E-state index contributed by atoms with van der Waals surface area (Å²) in [4.78, 5) is -0.775. The highest BCUT2D eigenvalue weighted by molar-refractivity contribution is 7.89. The lowest BCUT2D eigenvalue weighted by molar-refractivity contribution is -0.139. The van der Waals surface area contributed by atoms with Gasteiger partial charge in [-0.05, 0) is 18.6 Å². The molecule has 0 amide bonds. The highest BCUT2D eigenvalue weighted by Crippen LogP contribution is 2.33. The number of rotatable bonds is 9. The van der Waals surface area contributed by atoms with Crippen LogP contribution in [0.2, 0.25) is 0 Å². The fourth-order valence-electron chi connectivity index (χ4n) is 1.64. The standard InChI is InChI=1S/C13H18F3NO4S/c1-20-9-10-21-8-4-7-17-22(18,19)12-6-3-2-5-11(12)13(14,15)16/h2-3,5-6,17H,4,7-10H2,1H3. The van der Waals surface area contributed by atoms with Crippen molar-refractivity contribution in [3.63, 3.8) is 0 Å². The maximum absolute atomic E-state index is 12.8. The minimum Gasteiger partial charge on any atom is -0.382 e. The second kappa shape index (κ2) is 8.47. The molecule has 0 unspecified atom stereocenters. The Morgan fingerprint density at radius 3 is 2.45 bits per heavy atom. The summed E-state index contributed by atoms with van der Waals surface area (Å²) in [6, 6.07) is 4.06. The zero-order chi connectivity index (χ0) is 16.6. The van der Waals surface area contributed by atoms with Gasteiger partial charge < -0.3 is 9.47 Å². The van der Waals surface area contributed by atoms with Gasteiger partial charge in [0.15, 0.2) is 0 Å². The van der Waals surface area contributed by atoms with Crippen molar-refractivity contribution >= 4 is 10.0 Å². The molecule has 0 spiro atoms. The van der Waals surface area contributed by atoms with Crippen molar-refractivity contribution in [3.8, 4) is 0 Å². The summed E-state index contributed by atoms with van der Waals surface area (Å²) in [5, 5.41) is 0. The molecule has 5 nitrogen and oxygen atoms in total. The quantitative estimate of drug-likeness (QED) is 0.698. The van der Waals surface area contributed by atoms with Crippen molar-refractivity contribution in [2.45, 2.75) is 17.5 Å². The average Bonchev–Trinajstić information content (AvgIpc) is 2.45. The molecule has 0 aliphatic carbocycles. The number of hydrogen-bond donors (Lipinski definition) is 1. The van der Waals surface area contributed by atoms with Crippen molar-refractivity contribution in [1.29, 1.82) is 0 Å². The lowest BCUT2D eigenvalue weighted by atomic mass is 10.2. The van der Waals surface area contributed by atoms with E-state index in [1.54, 1.807) is 0 Å². The molecule has 0 fully saturated rings. The first kappa shape index (κ1) is 18.9. The summed E-state index contributed by atoms with van der Waals surface area (Å²) in [6.45, 7) is 1.07. The highest BCUT2D eigenvalue weighted by atomic mass is 32.2. The van der Waals surface area contributed by atoms with Crippen LogP contribution in [0.15, 0.2) is 29.2 Å². The van der Waals surface area contributed by atoms with Gasteiger partial charge in [0.2, 0.25) is 10.0 Å². The Morgan fingerprint density at radius 2 is 1.82 bits per heavy atom. The Bertz CT molecular complexity index is 561. The van der Waals surface area contributed by atoms with Crippen molar-refractivity contribution in [3.05, 3.63) is 29.8 Å². The molecule has 0 aromatic heterocycles. The van der Waals surface area contributed by atoms with Crippen LogP contribution in [-0.2, 0) is 25.7 Å². The van der Waals surface area contributed by atoms with E-state index >= 15 is 0 Å². The maximum atomic E-state index is 12.8. The molecular weight excluding hydrogens is 323 g/mol. The number of halogens is 3. The first-order valence-corrected chi connectivity index (χ1v) is 8.00. The van der Waals surface area contributed by atoms with Crippen LogP contribution in [0.3, 0.4) is 0 Å². The minimum atomic E-state index is -4.73. The van der Waals surface area contributed by atoms with Crippen LogP contribution in [0.1, 0.15) is 12.0 Å². The van der Waals surface area contributed by atoms with Crippen molar-refractivity contribution in [2.24, 2.45) is 0 Å². The van der Waals surface area contributed by atoms with Crippen LogP contribution in [0.4, 0.5) is 13.2 Å². The van der Waals surface area contributed by atoms with Crippen LogP contribution in [-0.4, -0.2) is 41.9 Å². The molecule has 0 aliphatic rings. The Balaban J connectivity index is 2.61. The first-order chi connectivity index (χ1) is 10.3. The minimum absolute atomic E-state index is 0.0124. The Labute approximate surface area is 127 Å². The van der Waals surface area contributed by atoms with Gasteiger partial charge in [-0.2, -0.15) is 13.2 Å². The lowest BCUT2D eigenvalue weighted by Crippen LogP contribution is -2.28. The van der Waals surface area contributed by atoms with Crippen molar-refractivity contribution < 1.29 is 31.1 Å². The van der Waals surface area contributed by atoms with Gasteiger partial charge in [-0.1, -0.05) is 12.1 Å². The van der Waals surface area contributed by atoms with Gasteiger partial charge >= 0.3 is 6.18 Å². The summed E-state index contributed by atoms with van der Waals surface area (Å²) in [6.07, 6.45) is -4.38. The lowest BCUT2D eigenvalue weighted by Gasteiger charge is -2.13. The van der Waals surface area contributed by atoms with E-state index < -0.39 is 26.7 Å². The van der Waals surface area contributed by atoms with Crippen LogP contribution >= 0.6 is 0 Å². The van der Waals surface area contributed by atoms with Gasteiger partial charge in [-0.15, -0.1) is 0 Å². The molecule has 0 atom stereocenters. The normalized spacial score (nSPS) is 12.5. The SMILES string of the molecule is COCCOCCCNS(=O)(=O)c1ccccc1C(F)(F)F. The zero-order valence-corrected chi connectivity index (χ0v) is 12.8. The van der Waals surface area contributed by atoms with E-state index in [2.05, 4.69) is 4.72 Å². The Morgan fingerprint density at radius 1 is 1.14 bits per heavy atom. The van der Waals surface area contributed by atoms with Crippen LogP contribution in [0.5, 0.6) is 0 Å². The molecule has 0 heterocycles. The number of nitrogens with one attached hydrogen (secondary N) is 1. The van der Waals surface area contributed by atoms with E-state index in [0.717, 1.165) is 18.2 Å². The molecule has 126 valence electrons. The van der Waals surface area contributed by atoms with Crippen molar-refractivity contribution in [2.75, 3.05) is 33.5 Å². The smallest absolute Gasteiger partial charge is 0.382 e. The molecule has 0 aliphatic heterocycles. The number of ether oxygens (including phenoxy) is 2. The molecule has 0 radical (unpaired) electrons. The number of alkyl halides is 3. The van der Waals surface area contributed by atoms with E-state index in [-0.39, 0.29) is 13.2 Å². The highest BCUT2D eigenvalue weighted by Gasteiger charge is 2.36. The molecule has 22 heavy (non-hydrogen) atoms. The molecule has 0 saturated heterocycles. The van der Waals surface area contributed by atoms with Gasteiger partial charge in [-0.25, -0.2) is 13.1 Å². The second-order valence-electron chi connectivity index (χ2n) is 4.35. The summed E-state index contributed by atoms with van der Waals surface area (Å²) >= 11 is 0. The van der Waals surface area contributed by atoms with E-state index in [1.165, 1.54) is 13.2 Å². The van der Waals surface area contributed by atoms with E-state index in [1.807, 2.05) is 0 Å². The average molecular weight is 341 g/mol. The van der Waals surface area contributed by atoms with E-state index in [9.17, 15) is 21.6 Å². The van der Waals surface area contributed by atoms with Gasteiger partial charge in [-0.3, -0.25) is 0 Å². The number of methoxy groups -OCH3 is 1. The zero-order valence-electron chi connectivity index (χ0n) is 12.0. The number of sulfonamides is 1. The molecule has 1 N–H and O–H groups in total. The predicted molar refractivity (Wildman–Crippen MR) is 73.9 cm³/mol. The topological polar surface area (TPSA) is 64.6 Å². The third-order valence-electron chi connectivity index (χ3n) is 2.67. The maximum Gasteiger partial charge on any atom is 0.417 e. The van der Waals surface area contributed by atoms with Gasteiger partial charge in [0, 0.05) is 20.3 Å². The molecule has 0 bridgehead atoms. The molecular formula is C13H18F3NO4S. The fraction of sp³-hybridized carbons (Fsp3) is 0.538. The van der Waals surface area contributed by atoms with Gasteiger partial charge in [0.25, 0.3) is 0 Å². The first-order valence-electron chi connectivity index (χ1n) is 6.51. The molecule has 0 saturated carbocycles. The molecule has 1 rings (SSSR count). The van der Waals surface area contributed by atoms with E-state index in [4.69, 9.17) is 9.47 Å². The summed E-state index contributed by atoms with van der Waals surface area (Å²) in [7, 11) is -2.70. The fourth-order valence-corrected chi connectivity index (χ4v) is 2.94. The largest absolute Gasteiger partial charge is 0.417 e. The van der Waals surface area contributed by atoms with Crippen LogP contribution in [0.25, 0.3) is 0 Å². The Kier molecular flexibility index (Phi) is 7.27. The predicted octanol–water partition coefficient (Wildman–Crippen LogP) is 2.04. The monoisotopic (exact) mass is 341 g/mol. The summed E-state index contributed by atoms with van der Waals surface area (Å²) in [5.74, 6) is 0. The number of hydrogen-bond acceptors (Lipinski definition) is 4. The molecule has 1 aromatic carbocycles. The van der Waals surface area contributed by atoms with Crippen molar-refractivity contribution in [1.82, 2.24) is 4.72 Å². The van der Waals surface area contributed by atoms with Crippen LogP contribution < -0.4 is 4.72 Å². The van der Waals surface area contributed by atoms with E-state index in [0.29, 0.717) is 19.6 Å². The summed E-state index contributed by atoms with van der Waals surface area (Å²) in [5.41, 5.74) is -1.18. The van der Waals surface area contributed by atoms with Gasteiger partial charge in [0.1, 0.15) is 0 Å². The van der Waals surface area contributed by atoms with Crippen LogP contribution in [0, 0.1) is 0 Å². The third-order valence-corrected chi connectivity index (χ3v) is 4.19. The Hall–Kier alpha value is -1.16. The summed E-state index contributed by atoms with van der Waals surface area (Å²) < 4.78 is 74.4. The second-order valence-corrected chi connectivity index (χ2v) is 6.09.